The molecule has 0 unspecified atom stereocenters. The number of Topliss-reactive ketones (excluding diaryl/α,β-unsaturated/α-hetero) is 1. The second-order valence-electron chi connectivity index (χ2n) is 3.25. The molecule has 0 saturated heterocycles. The van der Waals surface area contributed by atoms with E-state index in [0.717, 1.165) is 9.32 Å². The fourth-order valence-corrected chi connectivity index (χ4v) is 4.10. The van der Waals surface area contributed by atoms with Crippen LogP contribution in [0.2, 0.25) is 0 Å². The van der Waals surface area contributed by atoms with Gasteiger partial charge in [-0.1, -0.05) is 74.5 Å². The molecule has 1 aromatic rings. The third-order valence-electron chi connectivity index (χ3n) is 2.04. The van der Waals surface area contributed by atoms with Gasteiger partial charge in [-0.3, -0.25) is 4.79 Å². The van der Waals surface area contributed by atoms with E-state index in [4.69, 9.17) is 5.73 Å². The second-order valence-corrected chi connectivity index (χ2v) is 7.51. The maximum absolute atomic E-state index is 11.7. The van der Waals surface area contributed by atoms with Gasteiger partial charge >= 0.3 is 0 Å². The molecule has 0 fully saturated rings. The number of nitrogens with two attached hydrogens (primary N) is 1. The average molecular weight is 367 g/mol. The van der Waals surface area contributed by atoms with Gasteiger partial charge in [-0.15, -0.1) is 0 Å². The highest BCUT2D eigenvalue weighted by molar-refractivity contribution is 14.1. The van der Waals surface area contributed by atoms with Gasteiger partial charge in [-0.2, -0.15) is 0 Å². The van der Waals surface area contributed by atoms with Crippen molar-refractivity contribution in [2.45, 2.75) is 12.5 Å². The number of rotatable bonds is 7. The molecular formula is C11H14INOS2. The highest BCUT2D eigenvalue weighted by Crippen LogP contribution is 2.23. The Morgan fingerprint density at radius 1 is 1.31 bits per heavy atom. The number of alkyl halides is 1. The predicted molar refractivity (Wildman–Crippen MR) is 82.1 cm³/mol. The molecule has 0 spiro atoms. The van der Waals surface area contributed by atoms with E-state index in [9.17, 15) is 4.79 Å². The van der Waals surface area contributed by atoms with Crippen molar-refractivity contribution in [2.75, 3.05) is 9.51 Å². The number of benzene rings is 1. The van der Waals surface area contributed by atoms with Gasteiger partial charge in [0.25, 0.3) is 0 Å². The van der Waals surface area contributed by atoms with Crippen LogP contribution in [0, 0.1) is 0 Å². The number of ketones is 1. The number of hydrogen-bond acceptors (Lipinski definition) is 4. The lowest BCUT2D eigenvalue weighted by atomic mass is 10.0. The molecule has 88 valence electrons. The summed E-state index contributed by atoms with van der Waals surface area (Å²) in [6.45, 7) is 0. The Morgan fingerprint density at radius 3 is 2.62 bits per heavy atom. The van der Waals surface area contributed by atoms with Gasteiger partial charge in [0.1, 0.15) is 0 Å². The lowest BCUT2D eigenvalue weighted by Gasteiger charge is -2.09. The highest BCUT2D eigenvalue weighted by atomic mass is 127. The summed E-state index contributed by atoms with van der Waals surface area (Å²) in [7, 11) is 3.27. The Labute approximate surface area is 118 Å². The monoisotopic (exact) mass is 367 g/mol. The van der Waals surface area contributed by atoms with Crippen LogP contribution in [0.25, 0.3) is 0 Å². The molecule has 0 heterocycles. The van der Waals surface area contributed by atoms with Gasteiger partial charge in [0, 0.05) is 0 Å². The van der Waals surface area contributed by atoms with E-state index in [1.54, 1.807) is 21.6 Å². The molecule has 1 atom stereocenters. The SMILES string of the molecule is N[C@@H](Cc1ccccc1)C(=O)CSSCI. The Hall–Kier alpha value is 0.280. The van der Waals surface area contributed by atoms with Crippen molar-refractivity contribution in [3.05, 3.63) is 35.9 Å². The number of halogens is 1. The third kappa shape index (κ3) is 5.56. The van der Waals surface area contributed by atoms with Crippen molar-refractivity contribution in [1.82, 2.24) is 0 Å². The van der Waals surface area contributed by atoms with Gasteiger partial charge in [-0.05, 0) is 12.0 Å². The Balaban J connectivity index is 2.34. The molecule has 5 heteroatoms. The maximum Gasteiger partial charge on any atom is 0.160 e. The number of carbonyl (C=O) groups is 1. The lowest BCUT2D eigenvalue weighted by Crippen LogP contribution is -2.33. The molecule has 0 aromatic heterocycles. The van der Waals surface area contributed by atoms with E-state index >= 15 is 0 Å². The second kappa shape index (κ2) is 8.38. The zero-order valence-electron chi connectivity index (χ0n) is 8.77. The molecule has 2 nitrogen and oxygen atoms in total. The van der Waals surface area contributed by atoms with E-state index in [1.165, 1.54) is 0 Å². The Morgan fingerprint density at radius 2 is 2.00 bits per heavy atom. The van der Waals surface area contributed by atoms with Gasteiger partial charge in [0.15, 0.2) is 5.78 Å². The number of carbonyl (C=O) groups excluding carboxylic acids is 1. The molecule has 2 N–H and O–H groups in total. The molecule has 0 aliphatic rings. The third-order valence-corrected chi connectivity index (χ3v) is 6.11. The van der Waals surface area contributed by atoms with Crippen LogP contribution < -0.4 is 5.73 Å². The molecular weight excluding hydrogens is 353 g/mol. The summed E-state index contributed by atoms with van der Waals surface area (Å²) in [5.74, 6) is 0.632. The van der Waals surface area contributed by atoms with Crippen LogP contribution in [0.4, 0.5) is 0 Å². The van der Waals surface area contributed by atoms with Crippen LogP contribution in [0.3, 0.4) is 0 Å². The van der Waals surface area contributed by atoms with E-state index in [-0.39, 0.29) is 11.8 Å². The standard InChI is InChI=1S/C11H14INOS2/c12-8-16-15-7-11(14)10(13)6-9-4-2-1-3-5-9/h1-5,10H,6-8,13H2/t10-/m0/s1. The molecule has 0 bridgehead atoms. The van der Waals surface area contributed by atoms with E-state index < -0.39 is 0 Å². The molecule has 1 aromatic carbocycles. The zero-order chi connectivity index (χ0) is 11.8. The smallest absolute Gasteiger partial charge is 0.160 e. The van der Waals surface area contributed by atoms with E-state index in [0.29, 0.717) is 12.2 Å². The van der Waals surface area contributed by atoms with Gasteiger partial charge in [0.05, 0.1) is 15.6 Å². The fraction of sp³-hybridized carbons (Fsp3) is 0.364. The van der Waals surface area contributed by atoms with Crippen LogP contribution in [-0.4, -0.2) is 21.3 Å². The topological polar surface area (TPSA) is 43.1 Å². The summed E-state index contributed by atoms with van der Waals surface area (Å²) in [5.41, 5.74) is 6.98. The molecule has 0 amide bonds. The summed E-state index contributed by atoms with van der Waals surface area (Å²) < 4.78 is 0.990. The van der Waals surface area contributed by atoms with Gasteiger partial charge in [0.2, 0.25) is 0 Å². The lowest BCUT2D eigenvalue weighted by molar-refractivity contribution is -0.117. The predicted octanol–water partition coefficient (Wildman–Crippen LogP) is 2.90. The Kier molecular flexibility index (Phi) is 7.51. The van der Waals surface area contributed by atoms with Crippen molar-refractivity contribution >= 4 is 50.0 Å². The normalized spacial score (nSPS) is 12.4. The minimum absolute atomic E-state index is 0.131. The minimum Gasteiger partial charge on any atom is -0.321 e. The first kappa shape index (κ1) is 14.3. The summed E-state index contributed by atoms with van der Waals surface area (Å²) in [5, 5.41) is 0. The van der Waals surface area contributed by atoms with E-state index in [2.05, 4.69) is 22.6 Å². The molecule has 0 aliphatic carbocycles. The van der Waals surface area contributed by atoms with Gasteiger partial charge < -0.3 is 5.73 Å². The summed E-state index contributed by atoms with van der Waals surface area (Å²) in [4.78, 5) is 11.7. The van der Waals surface area contributed by atoms with Crippen molar-refractivity contribution < 1.29 is 4.79 Å². The largest absolute Gasteiger partial charge is 0.321 e. The molecule has 1 rings (SSSR count). The molecule has 0 radical (unpaired) electrons. The fourth-order valence-electron chi connectivity index (χ4n) is 1.22. The molecule has 16 heavy (non-hydrogen) atoms. The van der Waals surface area contributed by atoms with Crippen LogP contribution >= 0.6 is 44.2 Å². The van der Waals surface area contributed by atoms with Crippen LogP contribution in [0.15, 0.2) is 30.3 Å². The molecule has 0 saturated carbocycles. The van der Waals surface area contributed by atoms with Crippen molar-refractivity contribution in [2.24, 2.45) is 5.73 Å². The maximum atomic E-state index is 11.7. The summed E-state index contributed by atoms with van der Waals surface area (Å²) in [6, 6.07) is 9.52. The van der Waals surface area contributed by atoms with Crippen molar-refractivity contribution in [3.63, 3.8) is 0 Å². The zero-order valence-corrected chi connectivity index (χ0v) is 12.6. The minimum atomic E-state index is -0.371. The number of hydrogen-bond donors (Lipinski definition) is 1. The summed E-state index contributed by atoms with van der Waals surface area (Å²) in [6.07, 6.45) is 0.634. The quantitative estimate of drug-likeness (QED) is 0.348. The first-order valence-corrected chi connectivity index (χ1v) is 8.88. The van der Waals surface area contributed by atoms with Crippen LogP contribution in [-0.2, 0) is 11.2 Å². The molecule has 0 aliphatic heterocycles. The van der Waals surface area contributed by atoms with Crippen molar-refractivity contribution in [3.8, 4) is 0 Å². The van der Waals surface area contributed by atoms with Gasteiger partial charge in [-0.25, -0.2) is 0 Å². The van der Waals surface area contributed by atoms with Crippen molar-refractivity contribution in [1.29, 1.82) is 0 Å². The van der Waals surface area contributed by atoms with E-state index in [1.807, 2.05) is 30.3 Å². The Bertz CT molecular complexity index is 321. The van der Waals surface area contributed by atoms with Crippen LogP contribution in [0.5, 0.6) is 0 Å². The average Bonchev–Trinajstić information content (AvgIpc) is 2.30. The first-order chi connectivity index (χ1) is 7.74. The first-order valence-electron chi connectivity index (χ1n) is 4.86. The van der Waals surface area contributed by atoms with Crippen LogP contribution in [0.1, 0.15) is 5.56 Å². The summed E-state index contributed by atoms with van der Waals surface area (Å²) >= 11 is 2.27. The highest BCUT2D eigenvalue weighted by Gasteiger charge is 2.13.